The summed E-state index contributed by atoms with van der Waals surface area (Å²) in [7, 11) is 1.92. The van der Waals surface area contributed by atoms with Gasteiger partial charge in [0.25, 0.3) is 0 Å². The molecular weight excluding hydrogens is 184 g/mol. The predicted octanol–water partition coefficient (Wildman–Crippen LogP) is 0.672. The molecule has 0 atom stereocenters. The van der Waals surface area contributed by atoms with Crippen LogP contribution in [-0.2, 0) is 0 Å². The van der Waals surface area contributed by atoms with Crippen LogP contribution in [0, 0.1) is 0 Å². The van der Waals surface area contributed by atoms with Crippen molar-refractivity contribution in [2.45, 2.75) is 39.4 Å². The van der Waals surface area contributed by atoms with Gasteiger partial charge in [0.2, 0.25) is 5.11 Å². The molecule has 5 heteroatoms. The Labute approximate surface area is 85.2 Å². The number of nitrogens with one attached hydrogen (secondary N) is 2. The fourth-order valence-corrected chi connectivity index (χ4v) is 1.70. The largest absolute Gasteiger partial charge is 0.284 e. The SMILES string of the molecule is CC(C)NN1C(=S)N(C)NC1(C)C. The van der Waals surface area contributed by atoms with Gasteiger partial charge in [0.05, 0.1) is 0 Å². The maximum absolute atomic E-state index is 5.26. The van der Waals surface area contributed by atoms with Gasteiger partial charge in [0, 0.05) is 13.1 Å². The number of nitrogens with zero attached hydrogens (tertiary/aromatic N) is 2. The molecule has 0 aromatic rings. The highest BCUT2D eigenvalue weighted by molar-refractivity contribution is 7.80. The van der Waals surface area contributed by atoms with E-state index in [-0.39, 0.29) is 5.66 Å². The van der Waals surface area contributed by atoms with Crippen LogP contribution >= 0.6 is 12.2 Å². The van der Waals surface area contributed by atoms with Crippen LogP contribution in [0.5, 0.6) is 0 Å². The first kappa shape index (κ1) is 10.7. The van der Waals surface area contributed by atoms with Crippen molar-refractivity contribution in [3.8, 4) is 0 Å². The van der Waals surface area contributed by atoms with E-state index in [9.17, 15) is 0 Å². The van der Waals surface area contributed by atoms with E-state index >= 15 is 0 Å². The van der Waals surface area contributed by atoms with Crippen molar-refractivity contribution in [2.24, 2.45) is 0 Å². The van der Waals surface area contributed by atoms with Gasteiger partial charge in [-0.3, -0.25) is 10.0 Å². The first-order valence-electron chi connectivity index (χ1n) is 4.46. The number of thiocarbonyl (C=S) groups is 1. The third-order valence-electron chi connectivity index (χ3n) is 1.87. The lowest BCUT2D eigenvalue weighted by Crippen LogP contribution is -2.55. The third-order valence-corrected chi connectivity index (χ3v) is 2.32. The van der Waals surface area contributed by atoms with Gasteiger partial charge in [0.1, 0.15) is 5.66 Å². The number of hydrogen-bond acceptors (Lipinski definition) is 3. The molecule has 13 heavy (non-hydrogen) atoms. The Morgan fingerprint density at radius 1 is 1.46 bits per heavy atom. The van der Waals surface area contributed by atoms with Crippen LogP contribution in [0.25, 0.3) is 0 Å². The van der Waals surface area contributed by atoms with Crippen LogP contribution in [-0.4, -0.2) is 33.9 Å². The summed E-state index contributed by atoms with van der Waals surface area (Å²) in [4.78, 5) is 0. The van der Waals surface area contributed by atoms with Crippen LogP contribution < -0.4 is 10.9 Å². The smallest absolute Gasteiger partial charge is 0.202 e. The average Bonchev–Trinajstić information content (AvgIpc) is 2.12. The minimum Gasteiger partial charge on any atom is -0.284 e. The zero-order chi connectivity index (χ0) is 10.2. The zero-order valence-corrected chi connectivity index (χ0v) is 9.70. The summed E-state index contributed by atoms with van der Waals surface area (Å²) in [5.41, 5.74) is 6.40. The standard InChI is InChI=1S/C8H18N4S/c1-6(2)9-12-7(13)11(5)10-8(12,3)4/h6,9-10H,1-5H3. The molecule has 0 unspecified atom stereocenters. The summed E-state index contributed by atoms with van der Waals surface area (Å²) in [6.45, 7) is 8.35. The topological polar surface area (TPSA) is 30.5 Å². The summed E-state index contributed by atoms with van der Waals surface area (Å²) in [5, 5.41) is 4.61. The van der Waals surface area contributed by atoms with E-state index in [0.717, 1.165) is 5.11 Å². The second kappa shape index (κ2) is 3.40. The van der Waals surface area contributed by atoms with Crippen LogP contribution in [0.2, 0.25) is 0 Å². The molecule has 4 nitrogen and oxygen atoms in total. The normalized spacial score (nSPS) is 21.8. The quantitative estimate of drug-likeness (QED) is 0.643. The van der Waals surface area contributed by atoms with E-state index in [4.69, 9.17) is 12.2 Å². The summed E-state index contributed by atoms with van der Waals surface area (Å²) >= 11 is 5.26. The second-order valence-corrected chi connectivity index (χ2v) is 4.50. The number of rotatable bonds is 2. The molecule has 0 aliphatic carbocycles. The summed E-state index contributed by atoms with van der Waals surface area (Å²) in [6.07, 6.45) is 0. The Kier molecular flexibility index (Phi) is 2.79. The molecule has 76 valence electrons. The average molecular weight is 202 g/mol. The van der Waals surface area contributed by atoms with Crippen molar-refractivity contribution in [3.63, 3.8) is 0 Å². The van der Waals surface area contributed by atoms with Crippen molar-refractivity contribution in [2.75, 3.05) is 7.05 Å². The molecule has 1 saturated heterocycles. The maximum Gasteiger partial charge on any atom is 0.202 e. The van der Waals surface area contributed by atoms with E-state index in [2.05, 4.69) is 38.5 Å². The molecule has 1 heterocycles. The van der Waals surface area contributed by atoms with Gasteiger partial charge in [0.15, 0.2) is 0 Å². The van der Waals surface area contributed by atoms with Crippen molar-refractivity contribution >= 4 is 17.3 Å². The lowest BCUT2D eigenvalue weighted by Gasteiger charge is -2.32. The van der Waals surface area contributed by atoms with Gasteiger partial charge in [-0.05, 0) is 39.9 Å². The highest BCUT2D eigenvalue weighted by atomic mass is 32.1. The van der Waals surface area contributed by atoms with Crippen LogP contribution in [0.3, 0.4) is 0 Å². The molecule has 0 aromatic heterocycles. The Balaban J connectivity index is 2.75. The number of hydrazine groups is 2. The lowest BCUT2D eigenvalue weighted by atomic mass is 10.2. The first-order chi connectivity index (χ1) is 5.84. The molecule has 1 rings (SSSR count). The van der Waals surface area contributed by atoms with Gasteiger partial charge in [-0.2, -0.15) is 0 Å². The van der Waals surface area contributed by atoms with E-state index in [0.29, 0.717) is 6.04 Å². The molecule has 0 radical (unpaired) electrons. The Bertz CT molecular complexity index is 214. The minimum absolute atomic E-state index is 0.157. The number of hydrogen-bond donors (Lipinski definition) is 2. The van der Waals surface area contributed by atoms with Gasteiger partial charge >= 0.3 is 0 Å². The zero-order valence-electron chi connectivity index (χ0n) is 8.88. The Hall–Kier alpha value is -0.390. The monoisotopic (exact) mass is 202 g/mol. The fraction of sp³-hybridized carbons (Fsp3) is 0.875. The van der Waals surface area contributed by atoms with E-state index in [1.807, 2.05) is 17.1 Å². The van der Waals surface area contributed by atoms with Crippen LogP contribution in [0.15, 0.2) is 0 Å². The predicted molar refractivity (Wildman–Crippen MR) is 57.7 cm³/mol. The van der Waals surface area contributed by atoms with Crippen molar-refractivity contribution in [3.05, 3.63) is 0 Å². The molecule has 0 bridgehead atoms. The Morgan fingerprint density at radius 3 is 2.31 bits per heavy atom. The molecule has 1 aliphatic heterocycles. The van der Waals surface area contributed by atoms with E-state index in [1.54, 1.807) is 0 Å². The fourth-order valence-electron chi connectivity index (χ4n) is 1.37. The van der Waals surface area contributed by atoms with E-state index < -0.39 is 0 Å². The molecule has 1 aliphatic rings. The van der Waals surface area contributed by atoms with Crippen LogP contribution in [0.4, 0.5) is 0 Å². The Morgan fingerprint density at radius 2 is 2.00 bits per heavy atom. The molecular formula is C8H18N4S. The van der Waals surface area contributed by atoms with Crippen molar-refractivity contribution < 1.29 is 0 Å². The summed E-state index contributed by atoms with van der Waals surface area (Å²) < 4.78 is 0. The van der Waals surface area contributed by atoms with Crippen molar-refractivity contribution in [1.29, 1.82) is 0 Å². The second-order valence-electron chi connectivity index (χ2n) is 4.13. The molecule has 0 saturated carbocycles. The van der Waals surface area contributed by atoms with Gasteiger partial charge in [-0.1, -0.05) is 0 Å². The molecule has 0 aromatic carbocycles. The summed E-state index contributed by atoms with van der Waals surface area (Å²) in [6, 6.07) is 0.380. The highest BCUT2D eigenvalue weighted by Gasteiger charge is 2.38. The molecule has 2 N–H and O–H groups in total. The van der Waals surface area contributed by atoms with Crippen LogP contribution in [0.1, 0.15) is 27.7 Å². The highest BCUT2D eigenvalue weighted by Crippen LogP contribution is 2.17. The summed E-state index contributed by atoms with van der Waals surface area (Å²) in [5.74, 6) is 0. The molecule has 0 amide bonds. The van der Waals surface area contributed by atoms with Gasteiger partial charge < -0.3 is 0 Å². The first-order valence-corrected chi connectivity index (χ1v) is 4.87. The molecule has 1 fully saturated rings. The molecule has 0 spiro atoms. The van der Waals surface area contributed by atoms with Gasteiger partial charge in [-0.15, -0.1) is 0 Å². The lowest BCUT2D eigenvalue weighted by molar-refractivity contribution is 0.120. The third kappa shape index (κ3) is 2.10. The maximum atomic E-state index is 5.26. The van der Waals surface area contributed by atoms with E-state index in [1.165, 1.54) is 0 Å². The van der Waals surface area contributed by atoms with Gasteiger partial charge in [-0.25, -0.2) is 10.9 Å². The minimum atomic E-state index is -0.157. The van der Waals surface area contributed by atoms with Crippen molar-refractivity contribution in [1.82, 2.24) is 20.9 Å².